The molecule has 0 aliphatic carbocycles. The van der Waals surface area contributed by atoms with E-state index in [1.807, 2.05) is 0 Å². The summed E-state index contributed by atoms with van der Waals surface area (Å²) in [5, 5.41) is 6.59. The summed E-state index contributed by atoms with van der Waals surface area (Å²) in [6.45, 7) is 6.65. The third-order valence-electron chi connectivity index (χ3n) is 3.46. The normalized spacial score (nSPS) is 13.0. The highest BCUT2D eigenvalue weighted by molar-refractivity contribution is 7.16. The van der Waals surface area contributed by atoms with E-state index in [0.717, 1.165) is 41.4 Å². The molecule has 2 heterocycles. The minimum absolute atomic E-state index is 0.338. The first-order valence-corrected chi connectivity index (χ1v) is 8.20. The van der Waals surface area contributed by atoms with Crippen molar-refractivity contribution in [1.82, 2.24) is 14.9 Å². The molecular formula is C15H24N4OS. The lowest BCUT2D eigenvalue weighted by Gasteiger charge is -2.23. The number of nitrogens with zero attached hydrogens (tertiary/aromatic N) is 3. The molecule has 2 rings (SSSR count). The van der Waals surface area contributed by atoms with Gasteiger partial charge in [0.1, 0.15) is 16.5 Å². The molecule has 1 atom stereocenters. The summed E-state index contributed by atoms with van der Waals surface area (Å²) in [5.74, 6) is 1.81. The van der Waals surface area contributed by atoms with Crippen LogP contribution in [0, 0.1) is 0 Å². The molecule has 1 unspecified atom stereocenters. The van der Waals surface area contributed by atoms with E-state index < -0.39 is 0 Å². The van der Waals surface area contributed by atoms with Gasteiger partial charge < -0.3 is 10.1 Å². The van der Waals surface area contributed by atoms with Crippen LogP contribution in [0.25, 0.3) is 10.2 Å². The average molecular weight is 308 g/mol. The molecule has 6 heteroatoms. The highest BCUT2D eigenvalue weighted by atomic mass is 32.1. The fourth-order valence-corrected chi connectivity index (χ4v) is 2.88. The predicted molar refractivity (Wildman–Crippen MR) is 89.0 cm³/mol. The van der Waals surface area contributed by atoms with Gasteiger partial charge in [-0.15, -0.1) is 11.3 Å². The predicted octanol–water partition coefficient (Wildman–Crippen LogP) is 2.98. The van der Waals surface area contributed by atoms with Crippen LogP contribution in [0.1, 0.15) is 26.1 Å². The van der Waals surface area contributed by atoms with E-state index in [0.29, 0.717) is 12.6 Å². The molecule has 0 aromatic carbocycles. The van der Waals surface area contributed by atoms with Gasteiger partial charge in [-0.1, -0.05) is 6.92 Å². The van der Waals surface area contributed by atoms with E-state index in [4.69, 9.17) is 9.72 Å². The molecule has 116 valence electrons. The quantitative estimate of drug-likeness (QED) is 0.812. The molecule has 2 aromatic rings. The highest BCUT2D eigenvalue weighted by Gasteiger charge is 2.13. The second-order valence-electron chi connectivity index (χ2n) is 5.27. The van der Waals surface area contributed by atoms with Crippen molar-refractivity contribution in [1.29, 1.82) is 0 Å². The average Bonchev–Trinajstić information content (AvgIpc) is 2.93. The Morgan fingerprint density at radius 1 is 1.43 bits per heavy atom. The van der Waals surface area contributed by atoms with Crippen LogP contribution in [-0.4, -0.2) is 48.2 Å². The zero-order chi connectivity index (χ0) is 15.2. The third-order valence-corrected chi connectivity index (χ3v) is 4.27. The first kappa shape index (κ1) is 16.1. The standard InChI is InChI=1S/C15H24N4OS/c1-5-7-16-14-12-6-8-21-15(12)18-13(17-14)9-19(3)11(2)10-20-4/h6,8,11H,5,7,9-10H2,1-4H3,(H,16,17,18). The number of aromatic nitrogens is 2. The van der Waals surface area contributed by atoms with Crippen LogP contribution < -0.4 is 5.32 Å². The summed E-state index contributed by atoms with van der Waals surface area (Å²) in [7, 11) is 3.80. The first-order chi connectivity index (χ1) is 10.2. The lowest BCUT2D eigenvalue weighted by atomic mass is 10.3. The summed E-state index contributed by atoms with van der Waals surface area (Å²) >= 11 is 1.66. The molecule has 0 aliphatic rings. The van der Waals surface area contributed by atoms with E-state index in [1.54, 1.807) is 18.4 Å². The Morgan fingerprint density at radius 2 is 2.24 bits per heavy atom. The number of ether oxygens (including phenoxy) is 1. The maximum atomic E-state index is 5.20. The summed E-state index contributed by atoms with van der Waals surface area (Å²) in [6, 6.07) is 2.42. The van der Waals surface area contributed by atoms with Gasteiger partial charge in [-0.25, -0.2) is 9.97 Å². The van der Waals surface area contributed by atoms with E-state index in [2.05, 4.69) is 47.5 Å². The Morgan fingerprint density at radius 3 is 2.95 bits per heavy atom. The van der Waals surface area contributed by atoms with Crippen molar-refractivity contribution >= 4 is 27.4 Å². The molecule has 0 amide bonds. The van der Waals surface area contributed by atoms with Crippen molar-refractivity contribution in [3.05, 3.63) is 17.3 Å². The minimum atomic E-state index is 0.338. The maximum absolute atomic E-state index is 5.20. The zero-order valence-corrected chi connectivity index (χ0v) is 14.0. The van der Waals surface area contributed by atoms with E-state index in [9.17, 15) is 0 Å². The second-order valence-corrected chi connectivity index (χ2v) is 6.17. The van der Waals surface area contributed by atoms with Crippen LogP contribution in [0.3, 0.4) is 0 Å². The van der Waals surface area contributed by atoms with Crippen molar-refractivity contribution in [2.24, 2.45) is 0 Å². The fourth-order valence-electron chi connectivity index (χ4n) is 2.10. The number of hydrogen-bond donors (Lipinski definition) is 1. The van der Waals surface area contributed by atoms with E-state index >= 15 is 0 Å². The Kier molecular flexibility index (Phi) is 5.90. The van der Waals surface area contributed by atoms with Gasteiger partial charge in [-0.05, 0) is 31.8 Å². The monoisotopic (exact) mass is 308 g/mol. The van der Waals surface area contributed by atoms with Gasteiger partial charge in [0.25, 0.3) is 0 Å². The Hall–Kier alpha value is -1.24. The molecule has 21 heavy (non-hydrogen) atoms. The number of nitrogens with one attached hydrogen (secondary N) is 1. The molecule has 1 N–H and O–H groups in total. The van der Waals surface area contributed by atoms with Crippen LogP contribution in [-0.2, 0) is 11.3 Å². The summed E-state index contributed by atoms with van der Waals surface area (Å²) in [5.41, 5.74) is 0. The van der Waals surface area contributed by atoms with Gasteiger partial charge >= 0.3 is 0 Å². The van der Waals surface area contributed by atoms with E-state index in [-0.39, 0.29) is 0 Å². The Labute approximate surface area is 130 Å². The number of methoxy groups -OCH3 is 1. The van der Waals surface area contributed by atoms with E-state index in [1.165, 1.54) is 0 Å². The van der Waals surface area contributed by atoms with Crippen LogP contribution in [0.4, 0.5) is 5.82 Å². The molecule has 0 radical (unpaired) electrons. The van der Waals surface area contributed by atoms with Gasteiger partial charge in [0.05, 0.1) is 18.5 Å². The SMILES string of the molecule is CCCNc1nc(CN(C)C(C)COC)nc2sccc12. The first-order valence-electron chi connectivity index (χ1n) is 7.32. The molecule has 0 spiro atoms. The van der Waals surface area contributed by atoms with Crippen molar-refractivity contribution in [2.45, 2.75) is 32.9 Å². The largest absolute Gasteiger partial charge is 0.383 e. The molecule has 0 saturated heterocycles. The maximum Gasteiger partial charge on any atom is 0.146 e. The fraction of sp³-hybridized carbons (Fsp3) is 0.600. The number of likely N-dealkylation sites (N-methyl/N-ethyl adjacent to an activating group) is 1. The van der Waals surface area contributed by atoms with Gasteiger partial charge in [0, 0.05) is 19.7 Å². The number of thiophene rings is 1. The molecular weight excluding hydrogens is 284 g/mol. The van der Waals surface area contributed by atoms with Crippen molar-refractivity contribution < 1.29 is 4.74 Å². The van der Waals surface area contributed by atoms with Crippen molar-refractivity contribution in [3.8, 4) is 0 Å². The molecule has 2 aromatic heterocycles. The number of hydrogen-bond acceptors (Lipinski definition) is 6. The molecule has 0 saturated carbocycles. The summed E-state index contributed by atoms with van der Waals surface area (Å²) in [6.07, 6.45) is 1.08. The Balaban J connectivity index is 2.19. The Bertz CT molecular complexity index is 572. The second kappa shape index (κ2) is 7.68. The summed E-state index contributed by atoms with van der Waals surface area (Å²) < 4.78 is 5.20. The number of rotatable bonds is 8. The van der Waals surface area contributed by atoms with Gasteiger partial charge in [0.2, 0.25) is 0 Å². The van der Waals surface area contributed by atoms with Crippen LogP contribution in [0.15, 0.2) is 11.4 Å². The number of anilines is 1. The molecule has 5 nitrogen and oxygen atoms in total. The topological polar surface area (TPSA) is 50.3 Å². The van der Waals surface area contributed by atoms with Gasteiger partial charge in [0.15, 0.2) is 0 Å². The lowest BCUT2D eigenvalue weighted by Crippen LogP contribution is -2.32. The lowest BCUT2D eigenvalue weighted by molar-refractivity contribution is 0.110. The number of fused-ring (bicyclic) bond motifs is 1. The zero-order valence-electron chi connectivity index (χ0n) is 13.2. The third kappa shape index (κ3) is 4.12. The van der Waals surface area contributed by atoms with Crippen LogP contribution in [0.2, 0.25) is 0 Å². The highest BCUT2D eigenvalue weighted by Crippen LogP contribution is 2.25. The van der Waals surface area contributed by atoms with Crippen molar-refractivity contribution in [3.63, 3.8) is 0 Å². The van der Waals surface area contributed by atoms with Gasteiger partial charge in [-0.3, -0.25) is 4.90 Å². The van der Waals surface area contributed by atoms with Crippen LogP contribution in [0.5, 0.6) is 0 Å². The molecule has 0 fully saturated rings. The smallest absolute Gasteiger partial charge is 0.146 e. The van der Waals surface area contributed by atoms with Crippen LogP contribution >= 0.6 is 11.3 Å². The molecule has 0 aliphatic heterocycles. The summed E-state index contributed by atoms with van der Waals surface area (Å²) in [4.78, 5) is 12.6. The molecule has 0 bridgehead atoms. The van der Waals surface area contributed by atoms with Gasteiger partial charge in [-0.2, -0.15) is 0 Å². The minimum Gasteiger partial charge on any atom is -0.383 e. The van der Waals surface area contributed by atoms with Crippen molar-refractivity contribution in [2.75, 3.05) is 32.6 Å².